The molecule has 0 radical (unpaired) electrons. The Kier molecular flexibility index (Phi) is 2.59. The topological polar surface area (TPSA) is 12.9 Å². The summed E-state index contributed by atoms with van der Waals surface area (Å²) < 4.78 is 14.2. The molecule has 3 heteroatoms. The van der Waals surface area contributed by atoms with Crippen LogP contribution in [0.15, 0.2) is 47.2 Å². The number of hydrogen-bond acceptors (Lipinski definition) is 1. The van der Waals surface area contributed by atoms with E-state index in [4.69, 9.17) is 0 Å². The van der Waals surface area contributed by atoms with E-state index < -0.39 is 0 Å². The Morgan fingerprint density at radius 1 is 1.07 bits per heavy atom. The Morgan fingerprint density at radius 3 is 2.43 bits per heavy atom. The zero-order valence-electron chi connectivity index (χ0n) is 7.24. The van der Waals surface area contributed by atoms with Crippen LogP contribution in [0, 0.1) is 5.82 Å². The van der Waals surface area contributed by atoms with Gasteiger partial charge in [-0.05, 0) is 29.8 Å². The van der Waals surface area contributed by atoms with Gasteiger partial charge in [0.1, 0.15) is 5.82 Å². The first-order valence-electron chi connectivity index (χ1n) is 4.13. The lowest BCUT2D eigenvalue weighted by molar-refractivity contribution is 0.630. The Labute approximate surface area is 89.7 Å². The van der Waals surface area contributed by atoms with Gasteiger partial charge in [0, 0.05) is 22.4 Å². The molecular formula is C11H7BrFN. The van der Waals surface area contributed by atoms with Crippen LogP contribution < -0.4 is 0 Å². The highest BCUT2D eigenvalue weighted by molar-refractivity contribution is 9.10. The quantitative estimate of drug-likeness (QED) is 0.754. The second kappa shape index (κ2) is 3.88. The summed E-state index contributed by atoms with van der Waals surface area (Å²) in [6, 6.07) is 8.59. The van der Waals surface area contributed by atoms with Crippen LogP contribution in [0.5, 0.6) is 0 Å². The van der Waals surface area contributed by atoms with Crippen molar-refractivity contribution in [3.8, 4) is 11.1 Å². The number of aromatic nitrogens is 1. The minimum atomic E-state index is -0.231. The van der Waals surface area contributed by atoms with E-state index in [1.807, 2.05) is 6.07 Å². The van der Waals surface area contributed by atoms with E-state index in [9.17, 15) is 4.39 Å². The highest BCUT2D eigenvalue weighted by Crippen LogP contribution is 2.24. The van der Waals surface area contributed by atoms with Crippen LogP contribution in [-0.4, -0.2) is 4.98 Å². The fraction of sp³-hybridized carbons (Fsp3) is 0. The third-order valence-corrected chi connectivity index (χ3v) is 2.42. The SMILES string of the molecule is Fc1cc(Br)ccc1-c1ccncc1. The maximum Gasteiger partial charge on any atom is 0.132 e. The Hall–Kier alpha value is -1.22. The van der Waals surface area contributed by atoms with E-state index in [0.717, 1.165) is 10.0 Å². The van der Waals surface area contributed by atoms with Gasteiger partial charge in [-0.25, -0.2) is 4.39 Å². The van der Waals surface area contributed by atoms with Gasteiger partial charge in [0.2, 0.25) is 0 Å². The van der Waals surface area contributed by atoms with Crippen LogP contribution in [0.25, 0.3) is 11.1 Å². The van der Waals surface area contributed by atoms with Gasteiger partial charge < -0.3 is 0 Å². The normalized spacial score (nSPS) is 10.1. The van der Waals surface area contributed by atoms with Gasteiger partial charge in [-0.15, -0.1) is 0 Å². The lowest BCUT2D eigenvalue weighted by Gasteiger charge is -2.02. The van der Waals surface area contributed by atoms with Crippen LogP contribution in [0.1, 0.15) is 0 Å². The van der Waals surface area contributed by atoms with Gasteiger partial charge in [-0.2, -0.15) is 0 Å². The predicted octanol–water partition coefficient (Wildman–Crippen LogP) is 3.65. The molecule has 2 rings (SSSR count). The van der Waals surface area contributed by atoms with Crippen molar-refractivity contribution in [3.05, 3.63) is 53.0 Å². The number of pyridine rings is 1. The summed E-state index contributed by atoms with van der Waals surface area (Å²) in [6.07, 6.45) is 3.30. The number of hydrogen-bond donors (Lipinski definition) is 0. The van der Waals surface area contributed by atoms with Gasteiger partial charge in [-0.1, -0.05) is 22.0 Å². The standard InChI is InChI=1S/C11H7BrFN/c12-9-1-2-10(11(13)7-9)8-3-5-14-6-4-8/h1-7H. The van der Waals surface area contributed by atoms with Crippen LogP contribution in [0.3, 0.4) is 0 Å². The number of rotatable bonds is 1. The Balaban J connectivity index is 2.53. The van der Waals surface area contributed by atoms with E-state index in [0.29, 0.717) is 5.56 Å². The summed E-state index contributed by atoms with van der Waals surface area (Å²) in [5, 5.41) is 0. The first kappa shape index (κ1) is 9.34. The van der Waals surface area contributed by atoms with E-state index in [1.54, 1.807) is 30.6 Å². The van der Waals surface area contributed by atoms with Crippen molar-refractivity contribution in [2.75, 3.05) is 0 Å². The van der Waals surface area contributed by atoms with E-state index in [-0.39, 0.29) is 5.82 Å². The molecule has 2 aromatic rings. The van der Waals surface area contributed by atoms with E-state index in [2.05, 4.69) is 20.9 Å². The molecular weight excluding hydrogens is 245 g/mol. The highest BCUT2D eigenvalue weighted by Gasteiger charge is 2.04. The summed E-state index contributed by atoms with van der Waals surface area (Å²) in [7, 11) is 0. The third kappa shape index (κ3) is 1.82. The summed E-state index contributed by atoms with van der Waals surface area (Å²) in [5.74, 6) is -0.231. The lowest BCUT2D eigenvalue weighted by atomic mass is 10.1. The molecule has 0 saturated carbocycles. The van der Waals surface area contributed by atoms with E-state index >= 15 is 0 Å². The van der Waals surface area contributed by atoms with Gasteiger partial charge in [0.25, 0.3) is 0 Å². The average Bonchev–Trinajstić information content (AvgIpc) is 2.19. The molecule has 70 valence electrons. The lowest BCUT2D eigenvalue weighted by Crippen LogP contribution is -1.84. The molecule has 0 unspecified atom stereocenters. The summed E-state index contributed by atoms with van der Waals surface area (Å²) >= 11 is 3.22. The van der Waals surface area contributed by atoms with Crippen molar-refractivity contribution in [3.63, 3.8) is 0 Å². The molecule has 0 amide bonds. The minimum Gasteiger partial charge on any atom is -0.265 e. The predicted molar refractivity (Wildman–Crippen MR) is 57.3 cm³/mol. The first-order valence-corrected chi connectivity index (χ1v) is 4.92. The van der Waals surface area contributed by atoms with Crippen molar-refractivity contribution >= 4 is 15.9 Å². The van der Waals surface area contributed by atoms with Crippen LogP contribution in [-0.2, 0) is 0 Å². The molecule has 0 saturated heterocycles. The van der Waals surface area contributed by atoms with Gasteiger partial charge in [0.15, 0.2) is 0 Å². The van der Waals surface area contributed by atoms with Gasteiger partial charge >= 0.3 is 0 Å². The first-order chi connectivity index (χ1) is 6.77. The van der Waals surface area contributed by atoms with Crippen LogP contribution in [0.4, 0.5) is 4.39 Å². The van der Waals surface area contributed by atoms with Crippen LogP contribution in [0.2, 0.25) is 0 Å². The number of benzene rings is 1. The fourth-order valence-electron chi connectivity index (χ4n) is 1.26. The summed E-state index contributed by atoms with van der Waals surface area (Å²) in [6.45, 7) is 0. The monoisotopic (exact) mass is 251 g/mol. The maximum atomic E-state index is 13.5. The highest BCUT2D eigenvalue weighted by atomic mass is 79.9. The molecule has 0 spiro atoms. The summed E-state index contributed by atoms with van der Waals surface area (Å²) in [4.78, 5) is 3.89. The number of nitrogens with zero attached hydrogens (tertiary/aromatic N) is 1. The van der Waals surface area contributed by atoms with Crippen LogP contribution >= 0.6 is 15.9 Å². The maximum absolute atomic E-state index is 13.5. The zero-order valence-corrected chi connectivity index (χ0v) is 8.83. The summed E-state index contributed by atoms with van der Waals surface area (Å²) in [5.41, 5.74) is 1.43. The molecule has 14 heavy (non-hydrogen) atoms. The molecule has 0 atom stereocenters. The molecule has 0 fully saturated rings. The van der Waals surface area contributed by atoms with Gasteiger partial charge in [0.05, 0.1) is 0 Å². The minimum absolute atomic E-state index is 0.231. The third-order valence-electron chi connectivity index (χ3n) is 1.92. The van der Waals surface area contributed by atoms with Crippen molar-refractivity contribution in [1.29, 1.82) is 0 Å². The average molecular weight is 252 g/mol. The molecule has 0 N–H and O–H groups in total. The molecule has 0 aliphatic rings. The number of halogens is 2. The molecule has 0 bridgehead atoms. The second-order valence-corrected chi connectivity index (χ2v) is 3.78. The van der Waals surface area contributed by atoms with Crippen molar-refractivity contribution in [1.82, 2.24) is 4.98 Å². The molecule has 1 heterocycles. The van der Waals surface area contributed by atoms with Crippen molar-refractivity contribution in [2.45, 2.75) is 0 Å². The fourth-order valence-corrected chi connectivity index (χ4v) is 1.59. The largest absolute Gasteiger partial charge is 0.265 e. The van der Waals surface area contributed by atoms with Crippen molar-refractivity contribution in [2.24, 2.45) is 0 Å². The Bertz CT molecular complexity index is 442. The van der Waals surface area contributed by atoms with E-state index in [1.165, 1.54) is 6.07 Å². The molecule has 0 aliphatic heterocycles. The molecule has 1 aromatic heterocycles. The smallest absolute Gasteiger partial charge is 0.132 e. The molecule has 0 aliphatic carbocycles. The Morgan fingerprint density at radius 2 is 1.79 bits per heavy atom. The second-order valence-electron chi connectivity index (χ2n) is 2.86. The van der Waals surface area contributed by atoms with Crippen molar-refractivity contribution < 1.29 is 4.39 Å². The zero-order chi connectivity index (χ0) is 9.97. The van der Waals surface area contributed by atoms with Gasteiger partial charge in [-0.3, -0.25) is 4.98 Å². The molecule has 1 nitrogen and oxygen atoms in total. The molecule has 1 aromatic carbocycles.